The van der Waals surface area contributed by atoms with E-state index in [4.69, 9.17) is 24.5 Å². The number of rotatable bonds is 4. The van der Waals surface area contributed by atoms with E-state index in [0.29, 0.717) is 6.04 Å². The van der Waals surface area contributed by atoms with E-state index in [9.17, 15) is 0 Å². The molecule has 1 aromatic carbocycles. The SMILES string of the molecule is COc1ccc(Br)cc1CNC1CCCCCC1.O=C(O)C(=O)O. The number of benzene rings is 1. The van der Waals surface area contributed by atoms with Gasteiger partial charge in [0.25, 0.3) is 0 Å². The molecule has 0 spiro atoms. The second kappa shape index (κ2) is 11.0. The normalized spacial score (nSPS) is 14.9. The maximum Gasteiger partial charge on any atom is 0.414 e. The Labute approximate surface area is 150 Å². The topological polar surface area (TPSA) is 95.9 Å². The molecule has 0 bridgehead atoms. The number of carboxylic acid groups (broad SMARTS) is 2. The largest absolute Gasteiger partial charge is 0.496 e. The Balaban J connectivity index is 0.000000413. The fourth-order valence-electron chi connectivity index (χ4n) is 2.62. The summed E-state index contributed by atoms with van der Waals surface area (Å²) in [5.41, 5.74) is 1.23. The molecule has 0 saturated heterocycles. The summed E-state index contributed by atoms with van der Waals surface area (Å²) in [6, 6.07) is 6.86. The summed E-state index contributed by atoms with van der Waals surface area (Å²) in [5.74, 6) is -2.68. The highest BCUT2D eigenvalue weighted by Crippen LogP contribution is 2.24. The third-order valence-electron chi connectivity index (χ3n) is 3.86. The number of halogens is 1. The first-order valence-electron chi connectivity index (χ1n) is 7.96. The van der Waals surface area contributed by atoms with Crippen LogP contribution < -0.4 is 10.1 Å². The lowest BCUT2D eigenvalue weighted by molar-refractivity contribution is -0.159. The molecule has 0 aliphatic heterocycles. The summed E-state index contributed by atoms with van der Waals surface area (Å²) in [7, 11) is 1.73. The van der Waals surface area contributed by atoms with Crippen LogP contribution in [0, 0.1) is 0 Å². The Bertz CT molecular complexity index is 530. The average Bonchev–Trinajstić information content (AvgIpc) is 2.82. The number of aliphatic carboxylic acids is 2. The Hall–Kier alpha value is -1.60. The van der Waals surface area contributed by atoms with Crippen molar-refractivity contribution >= 4 is 27.9 Å². The minimum absolute atomic E-state index is 0.677. The van der Waals surface area contributed by atoms with Gasteiger partial charge in [0.05, 0.1) is 7.11 Å². The molecular formula is C17H24BrNO5. The van der Waals surface area contributed by atoms with Gasteiger partial charge >= 0.3 is 11.9 Å². The van der Waals surface area contributed by atoms with E-state index in [-0.39, 0.29) is 0 Å². The van der Waals surface area contributed by atoms with Crippen molar-refractivity contribution in [3.8, 4) is 5.75 Å². The van der Waals surface area contributed by atoms with Crippen molar-refractivity contribution in [2.75, 3.05) is 7.11 Å². The second-order valence-corrected chi connectivity index (χ2v) is 6.55. The van der Waals surface area contributed by atoms with E-state index >= 15 is 0 Å². The second-order valence-electron chi connectivity index (χ2n) is 5.64. The molecule has 7 heteroatoms. The fourth-order valence-corrected chi connectivity index (χ4v) is 3.03. The molecule has 1 aliphatic rings. The number of carbonyl (C=O) groups is 2. The van der Waals surface area contributed by atoms with Crippen molar-refractivity contribution in [2.45, 2.75) is 51.1 Å². The number of carboxylic acids is 2. The van der Waals surface area contributed by atoms with Gasteiger partial charge in [-0.15, -0.1) is 0 Å². The van der Waals surface area contributed by atoms with E-state index in [0.717, 1.165) is 16.8 Å². The first kappa shape index (κ1) is 20.4. The molecule has 0 unspecified atom stereocenters. The first-order valence-corrected chi connectivity index (χ1v) is 8.75. The summed E-state index contributed by atoms with van der Waals surface area (Å²) in [5, 5.41) is 18.5. The van der Waals surface area contributed by atoms with Gasteiger partial charge in [-0.3, -0.25) is 0 Å². The zero-order valence-electron chi connectivity index (χ0n) is 13.8. The van der Waals surface area contributed by atoms with Crippen LogP contribution >= 0.6 is 15.9 Å². The Morgan fingerprint density at radius 2 is 1.75 bits per heavy atom. The van der Waals surface area contributed by atoms with Crippen LogP contribution in [0.15, 0.2) is 22.7 Å². The minimum atomic E-state index is -1.82. The molecule has 1 fully saturated rings. The maximum absolute atomic E-state index is 9.10. The van der Waals surface area contributed by atoms with Crippen LogP contribution in [0.2, 0.25) is 0 Å². The molecule has 1 saturated carbocycles. The van der Waals surface area contributed by atoms with Crippen molar-refractivity contribution < 1.29 is 24.5 Å². The van der Waals surface area contributed by atoms with Gasteiger partial charge in [0.15, 0.2) is 0 Å². The Morgan fingerprint density at radius 1 is 1.17 bits per heavy atom. The van der Waals surface area contributed by atoms with Gasteiger partial charge in [-0.05, 0) is 31.0 Å². The molecule has 3 N–H and O–H groups in total. The van der Waals surface area contributed by atoms with E-state index in [1.165, 1.54) is 44.1 Å². The number of hydrogen-bond acceptors (Lipinski definition) is 4. The lowest BCUT2D eigenvalue weighted by Gasteiger charge is -2.17. The van der Waals surface area contributed by atoms with Crippen LogP contribution in [0.25, 0.3) is 0 Å². The van der Waals surface area contributed by atoms with Crippen molar-refractivity contribution in [2.24, 2.45) is 0 Å². The van der Waals surface area contributed by atoms with Crippen molar-refractivity contribution in [1.29, 1.82) is 0 Å². The van der Waals surface area contributed by atoms with Gasteiger partial charge in [0, 0.05) is 22.6 Å². The fraction of sp³-hybridized carbons (Fsp3) is 0.529. The van der Waals surface area contributed by atoms with Crippen LogP contribution in [-0.2, 0) is 16.1 Å². The van der Waals surface area contributed by atoms with E-state index < -0.39 is 11.9 Å². The molecule has 2 rings (SSSR count). The average molecular weight is 402 g/mol. The van der Waals surface area contributed by atoms with Crippen molar-refractivity contribution in [3.63, 3.8) is 0 Å². The monoisotopic (exact) mass is 401 g/mol. The summed E-state index contributed by atoms with van der Waals surface area (Å²) in [6.07, 6.45) is 8.17. The molecule has 1 aromatic rings. The Morgan fingerprint density at radius 3 is 2.25 bits per heavy atom. The predicted molar refractivity (Wildman–Crippen MR) is 94.3 cm³/mol. The number of nitrogens with one attached hydrogen (secondary N) is 1. The van der Waals surface area contributed by atoms with Crippen LogP contribution in [0.4, 0.5) is 0 Å². The van der Waals surface area contributed by atoms with Crippen LogP contribution in [0.5, 0.6) is 5.75 Å². The molecule has 134 valence electrons. The molecule has 0 aromatic heterocycles. The highest BCUT2D eigenvalue weighted by Gasteiger charge is 2.12. The number of hydrogen-bond donors (Lipinski definition) is 3. The van der Waals surface area contributed by atoms with Gasteiger partial charge in [-0.25, -0.2) is 9.59 Å². The van der Waals surface area contributed by atoms with Crippen LogP contribution in [0.1, 0.15) is 44.1 Å². The third kappa shape index (κ3) is 7.79. The number of methoxy groups -OCH3 is 1. The van der Waals surface area contributed by atoms with Crippen LogP contribution in [-0.4, -0.2) is 35.3 Å². The van der Waals surface area contributed by atoms with E-state index in [1.807, 2.05) is 12.1 Å². The summed E-state index contributed by atoms with van der Waals surface area (Å²) >= 11 is 3.52. The van der Waals surface area contributed by atoms with Crippen LogP contribution in [0.3, 0.4) is 0 Å². The molecule has 6 nitrogen and oxygen atoms in total. The van der Waals surface area contributed by atoms with Gasteiger partial charge in [-0.1, -0.05) is 41.6 Å². The minimum Gasteiger partial charge on any atom is -0.496 e. The van der Waals surface area contributed by atoms with Gasteiger partial charge in [-0.2, -0.15) is 0 Å². The smallest absolute Gasteiger partial charge is 0.414 e. The molecule has 24 heavy (non-hydrogen) atoms. The first-order chi connectivity index (χ1) is 11.4. The highest BCUT2D eigenvalue weighted by atomic mass is 79.9. The molecule has 0 atom stereocenters. The highest BCUT2D eigenvalue weighted by molar-refractivity contribution is 9.10. The van der Waals surface area contributed by atoms with E-state index in [2.05, 4.69) is 27.3 Å². The molecule has 0 radical (unpaired) electrons. The van der Waals surface area contributed by atoms with Gasteiger partial charge < -0.3 is 20.3 Å². The molecule has 1 aliphatic carbocycles. The van der Waals surface area contributed by atoms with Gasteiger partial charge in [0.1, 0.15) is 5.75 Å². The molecule has 0 heterocycles. The lowest BCUT2D eigenvalue weighted by Crippen LogP contribution is -2.28. The zero-order chi connectivity index (χ0) is 17.9. The number of ether oxygens (including phenoxy) is 1. The quantitative estimate of drug-likeness (QED) is 0.528. The lowest BCUT2D eigenvalue weighted by atomic mass is 10.1. The zero-order valence-corrected chi connectivity index (χ0v) is 15.3. The maximum atomic E-state index is 9.10. The predicted octanol–water partition coefficient (Wildman–Crippen LogP) is 3.43. The standard InChI is InChI=1S/C15H22BrNO.C2H2O4/c1-18-15-9-8-13(16)10-12(15)11-17-14-6-4-2-3-5-7-14;3-1(4)2(5)6/h8-10,14,17H,2-7,11H2,1H3;(H,3,4)(H,5,6). The summed E-state index contributed by atoms with van der Waals surface area (Å²) in [6.45, 7) is 0.896. The van der Waals surface area contributed by atoms with Crippen molar-refractivity contribution in [3.05, 3.63) is 28.2 Å². The summed E-state index contributed by atoms with van der Waals surface area (Å²) < 4.78 is 6.52. The summed E-state index contributed by atoms with van der Waals surface area (Å²) in [4.78, 5) is 18.2. The van der Waals surface area contributed by atoms with E-state index in [1.54, 1.807) is 7.11 Å². The molecular weight excluding hydrogens is 378 g/mol. The Kier molecular flexibility index (Phi) is 9.41. The van der Waals surface area contributed by atoms with Crippen molar-refractivity contribution in [1.82, 2.24) is 5.32 Å². The molecule has 0 amide bonds. The third-order valence-corrected chi connectivity index (χ3v) is 4.36. The van der Waals surface area contributed by atoms with Gasteiger partial charge in [0.2, 0.25) is 0 Å².